The summed E-state index contributed by atoms with van der Waals surface area (Å²) in [7, 11) is -3.14. The summed E-state index contributed by atoms with van der Waals surface area (Å²) in [4.78, 5) is 11.0. The second-order valence-corrected chi connectivity index (χ2v) is 7.39. The first-order valence-electron chi connectivity index (χ1n) is 7.11. The zero-order valence-corrected chi connectivity index (χ0v) is 14.9. The lowest BCUT2D eigenvalue weighted by Crippen LogP contribution is -2.30. The van der Waals surface area contributed by atoms with Crippen LogP contribution in [0, 0.1) is 5.92 Å². The van der Waals surface area contributed by atoms with Crippen molar-refractivity contribution in [2.75, 3.05) is 26.7 Å². The van der Waals surface area contributed by atoms with Crippen molar-refractivity contribution in [1.29, 1.82) is 0 Å². The summed E-state index contributed by atoms with van der Waals surface area (Å²) in [5.74, 6) is -1.20. The highest BCUT2D eigenvalue weighted by atomic mass is 35.5. The van der Waals surface area contributed by atoms with Gasteiger partial charge < -0.3 is 10.5 Å². The van der Waals surface area contributed by atoms with Crippen LogP contribution in [0.15, 0.2) is 23.1 Å². The molecule has 1 aliphatic heterocycles. The van der Waals surface area contributed by atoms with Gasteiger partial charge in [-0.3, -0.25) is 0 Å². The second-order valence-electron chi connectivity index (χ2n) is 5.45. The average Bonchev–Trinajstić information content (AvgIpc) is 3.02. The predicted octanol–water partition coefficient (Wildman–Crippen LogP) is 1.88. The minimum atomic E-state index is -4.89. The molecule has 1 aliphatic rings. The molecule has 6 nitrogen and oxygen atoms in total. The Morgan fingerprint density at radius 3 is 2.52 bits per heavy atom. The summed E-state index contributed by atoms with van der Waals surface area (Å²) in [5.41, 5.74) is 3.43. The van der Waals surface area contributed by atoms with Gasteiger partial charge in [-0.1, -0.05) is 0 Å². The maximum absolute atomic E-state index is 13.2. The number of hydrogen-bond acceptors (Lipinski definition) is 5. The number of rotatable bonds is 4. The summed E-state index contributed by atoms with van der Waals surface area (Å²) in [5, 5.41) is 0. The van der Waals surface area contributed by atoms with Gasteiger partial charge in [-0.25, -0.2) is 13.2 Å². The Kier molecular flexibility index (Phi) is 6.85. The molecule has 2 rings (SSSR count). The van der Waals surface area contributed by atoms with Gasteiger partial charge in [0.15, 0.2) is 0 Å². The summed E-state index contributed by atoms with van der Waals surface area (Å²) < 4.78 is 70.0. The zero-order valence-electron chi connectivity index (χ0n) is 13.2. The SMILES string of the molecule is COC(=O)c1ccc(S(=O)(=O)N2CCC(CN)C2)cc1C(F)(F)F.Cl. The molecule has 1 heterocycles. The largest absolute Gasteiger partial charge is 0.465 e. The quantitative estimate of drug-likeness (QED) is 0.777. The van der Waals surface area contributed by atoms with E-state index in [1.807, 2.05) is 0 Å². The standard InChI is InChI=1S/C14H17F3N2O4S.ClH/c1-23-13(20)11-3-2-10(6-12(11)14(15,16)17)24(21,22)19-5-4-9(7-18)8-19;/h2-3,6,9H,4-5,7-8,18H2,1H3;1H. The first-order chi connectivity index (χ1) is 11.1. The third-order valence-corrected chi connectivity index (χ3v) is 5.78. The van der Waals surface area contributed by atoms with Gasteiger partial charge in [0.2, 0.25) is 10.0 Å². The number of methoxy groups -OCH3 is 1. The Morgan fingerprint density at radius 2 is 2.04 bits per heavy atom. The van der Waals surface area contributed by atoms with Crippen LogP contribution in [0.1, 0.15) is 22.3 Å². The highest BCUT2D eigenvalue weighted by molar-refractivity contribution is 7.89. The van der Waals surface area contributed by atoms with E-state index in [9.17, 15) is 26.4 Å². The molecule has 142 valence electrons. The van der Waals surface area contributed by atoms with E-state index in [-0.39, 0.29) is 31.4 Å². The van der Waals surface area contributed by atoms with E-state index in [0.29, 0.717) is 19.0 Å². The van der Waals surface area contributed by atoms with Crippen molar-refractivity contribution in [3.63, 3.8) is 0 Å². The minimum absolute atomic E-state index is 0. The Balaban J connectivity index is 0.00000312. The molecular formula is C14H18ClF3N2O4S. The summed E-state index contributed by atoms with van der Waals surface area (Å²) in [6.45, 7) is 0.671. The van der Waals surface area contributed by atoms with Gasteiger partial charge >= 0.3 is 12.1 Å². The fourth-order valence-corrected chi connectivity index (χ4v) is 4.12. The number of carbonyl (C=O) groups is 1. The Labute approximate surface area is 149 Å². The normalized spacial score (nSPS) is 18.7. The number of ether oxygens (including phenoxy) is 1. The van der Waals surface area contributed by atoms with E-state index in [4.69, 9.17) is 5.73 Å². The van der Waals surface area contributed by atoms with E-state index in [1.165, 1.54) is 0 Å². The summed E-state index contributed by atoms with van der Waals surface area (Å²) in [6, 6.07) is 2.27. The molecule has 0 amide bonds. The third kappa shape index (κ3) is 4.43. The molecule has 0 saturated carbocycles. The number of hydrogen-bond donors (Lipinski definition) is 1. The predicted molar refractivity (Wildman–Crippen MR) is 86.0 cm³/mol. The van der Waals surface area contributed by atoms with Crippen LogP contribution in [0.5, 0.6) is 0 Å². The molecule has 1 fully saturated rings. The number of esters is 1. The number of halogens is 4. The maximum Gasteiger partial charge on any atom is 0.417 e. The van der Waals surface area contributed by atoms with Crippen molar-refractivity contribution in [2.45, 2.75) is 17.5 Å². The van der Waals surface area contributed by atoms with E-state index >= 15 is 0 Å². The summed E-state index contributed by atoms with van der Waals surface area (Å²) in [6.07, 6.45) is -4.33. The minimum Gasteiger partial charge on any atom is -0.465 e. The molecule has 11 heteroatoms. The first kappa shape index (κ1) is 21.7. The average molecular weight is 403 g/mol. The fourth-order valence-electron chi connectivity index (χ4n) is 2.56. The van der Waals surface area contributed by atoms with Crippen molar-refractivity contribution in [3.8, 4) is 0 Å². The van der Waals surface area contributed by atoms with Gasteiger partial charge in [0, 0.05) is 13.1 Å². The van der Waals surface area contributed by atoms with Crippen molar-refractivity contribution in [3.05, 3.63) is 29.3 Å². The van der Waals surface area contributed by atoms with Crippen LogP contribution in [0.4, 0.5) is 13.2 Å². The molecule has 1 atom stereocenters. The van der Waals surface area contributed by atoms with Crippen molar-refractivity contribution < 1.29 is 31.1 Å². The van der Waals surface area contributed by atoms with E-state index in [2.05, 4.69) is 4.74 Å². The number of carbonyl (C=O) groups excluding carboxylic acids is 1. The van der Waals surface area contributed by atoms with Gasteiger partial charge in [-0.05, 0) is 37.1 Å². The van der Waals surface area contributed by atoms with Crippen LogP contribution in [-0.2, 0) is 20.9 Å². The number of nitrogens with two attached hydrogens (primary N) is 1. The smallest absolute Gasteiger partial charge is 0.417 e. The van der Waals surface area contributed by atoms with Crippen LogP contribution >= 0.6 is 12.4 Å². The lowest BCUT2D eigenvalue weighted by molar-refractivity contribution is -0.138. The molecule has 2 N–H and O–H groups in total. The zero-order chi connectivity index (χ0) is 18.1. The van der Waals surface area contributed by atoms with Crippen LogP contribution in [0.3, 0.4) is 0 Å². The van der Waals surface area contributed by atoms with Crippen LogP contribution in [0.2, 0.25) is 0 Å². The molecule has 1 unspecified atom stereocenters. The van der Waals surface area contributed by atoms with Gasteiger partial charge in [-0.2, -0.15) is 17.5 Å². The second kappa shape index (κ2) is 7.90. The van der Waals surface area contributed by atoms with Crippen molar-refractivity contribution in [2.24, 2.45) is 11.7 Å². The monoisotopic (exact) mass is 402 g/mol. The molecule has 0 bridgehead atoms. The molecule has 1 saturated heterocycles. The molecule has 0 aromatic heterocycles. The Bertz CT molecular complexity index is 740. The molecule has 1 aromatic carbocycles. The topological polar surface area (TPSA) is 89.7 Å². The fraction of sp³-hybridized carbons (Fsp3) is 0.500. The van der Waals surface area contributed by atoms with Gasteiger partial charge in [0.1, 0.15) is 0 Å². The lowest BCUT2D eigenvalue weighted by atomic mass is 10.1. The molecule has 0 spiro atoms. The van der Waals surface area contributed by atoms with E-state index in [1.54, 1.807) is 0 Å². The molecule has 0 aliphatic carbocycles. The third-order valence-electron chi connectivity index (χ3n) is 3.92. The van der Waals surface area contributed by atoms with Gasteiger partial charge in [-0.15, -0.1) is 12.4 Å². The molecular weight excluding hydrogens is 385 g/mol. The highest BCUT2D eigenvalue weighted by Gasteiger charge is 2.38. The number of sulfonamides is 1. The Morgan fingerprint density at radius 1 is 1.40 bits per heavy atom. The van der Waals surface area contributed by atoms with Crippen LogP contribution < -0.4 is 5.73 Å². The Hall–Kier alpha value is -1.36. The van der Waals surface area contributed by atoms with Gasteiger partial charge in [0.25, 0.3) is 0 Å². The van der Waals surface area contributed by atoms with Crippen molar-refractivity contribution >= 4 is 28.4 Å². The van der Waals surface area contributed by atoms with E-state index in [0.717, 1.165) is 23.5 Å². The van der Waals surface area contributed by atoms with Crippen LogP contribution in [-0.4, -0.2) is 45.4 Å². The number of benzene rings is 1. The number of alkyl halides is 3. The first-order valence-corrected chi connectivity index (χ1v) is 8.55. The van der Waals surface area contributed by atoms with E-state index < -0.39 is 38.2 Å². The molecule has 25 heavy (non-hydrogen) atoms. The van der Waals surface area contributed by atoms with Crippen LogP contribution in [0.25, 0.3) is 0 Å². The highest BCUT2D eigenvalue weighted by Crippen LogP contribution is 2.35. The maximum atomic E-state index is 13.2. The molecule has 0 radical (unpaired) electrons. The van der Waals surface area contributed by atoms with Gasteiger partial charge in [0.05, 0.1) is 23.1 Å². The summed E-state index contributed by atoms with van der Waals surface area (Å²) >= 11 is 0. The number of nitrogens with zero attached hydrogens (tertiary/aromatic N) is 1. The molecule has 1 aromatic rings. The lowest BCUT2D eigenvalue weighted by Gasteiger charge is -2.18. The van der Waals surface area contributed by atoms with Crippen molar-refractivity contribution in [1.82, 2.24) is 4.31 Å².